The molecule has 1 atom stereocenters. The average Bonchev–Trinajstić information content (AvgIpc) is 2.84. The Morgan fingerprint density at radius 3 is 2.37 bits per heavy atom. The smallest absolute Gasteiger partial charge is 0.262 e. The summed E-state index contributed by atoms with van der Waals surface area (Å²) in [7, 11) is 0. The highest BCUT2D eigenvalue weighted by molar-refractivity contribution is 6.42. The first-order chi connectivity index (χ1) is 16.7. The normalized spacial score (nSPS) is 11.9. The van der Waals surface area contributed by atoms with Gasteiger partial charge in [0.1, 0.15) is 18.4 Å². The number of ether oxygens (including phenoxy) is 1. The van der Waals surface area contributed by atoms with E-state index in [1.54, 1.807) is 42.5 Å². The van der Waals surface area contributed by atoms with Crippen LogP contribution in [0.1, 0.15) is 35.3 Å². The quantitative estimate of drug-likeness (QED) is 0.257. The fourth-order valence-electron chi connectivity index (χ4n) is 3.10. The van der Waals surface area contributed by atoms with E-state index in [0.29, 0.717) is 31.9 Å². The SMILES string of the molecule is CC(C)C(NC(=O)c1ccc(Cl)cc1)C(=O)NN=Cc1ccccc1OCc1ccc(Cl)c(Cl)c1. The van der Waals surface area contributed by atoms with Crippen molar-refractivity contribution in [3.63, 3.8) is 0 Å². The number of hydrogen-bond acceptors (Lipinski definition) is 4. The van der Waals surface area contributed by atoms with Crippen LogP contribution in [-0.4, -0.2) is 24.1 Å². The number of para-hydroxylation sites is 1. The summed E-state index contributed by atoms with van der Waals surface area (Å²) in [5, 5.41) is 8.26. The minimum absolute atomic E-state index is 0.164. The Kier molecular flexibility index (Phi) is 9.55. The number of hydrogen-bond donors (Lipinski definition) is 2. The number of amides is 2. The predicted molar refractivity (Wildman–Crippen MR) is 141 cm³/mol. The molecule has 0 aliphatic carbocycles. The Balaban J connectivity index is 1.62. The molecule has 0 saturated heterocycles. The average molecular weight is 533 g/mol. The van der Waals surface area contributed by atoms with Gasteiger partial charge in [0.2, 0.25) is 0 Å². The first-order valence-corrected chi connectivity index (χ1v) is 11.9. The van der Waals surface area contributed by atoms with E-state index >= 15 is 0 Å². The van der Waals surface area contributed by atoms with Crippen LogP contribution in [0, 0.1) is 5.92 Å². The van der Waals surface area contributed by atoms with Crippen LogP contribution in [-0.2, 0) is 11.4 Å². The summed E-state index contributed by atoms with van der Waals surface area (Å²) in [6.07, 6.45) is 1.49. The Hall–Kier alpha value is -3.06. The molecule has 0 aromatic heterocycles. The molecule has 3 rings (SSSR count). The monoisotopic (exact) mass is 531 g/mol. The van der Waals surface area contributed by atoms with Crippen molar-refractivity contribution in [1.29, 1.82) is 0 Å². The van der Waals surface area contributed by atoms with Crippen molar-refractivity contribution in [3.05, 3.63) is 98.5 Å². The van der Waals surface area contributed by atoms with Crippen LogP contribution in [0.15, 0.2) is 71.8 Å². The van der Waals surface area contributed by atoms with Gasteiger partial charge < -0.3 is 10.1 Å². The Labute approximate surface area is 219 Å². The molecule has 0 heterocycles. The molecular weight excluding hydrogens is 509 g/mol. The molecule has 0 saturated carbocycles. The molecule has 6 nitrogen and oxygen atoms in total. The van der Waals surface area contributed by atoms with Crippen molar-refractivity contribution in [1.82, 2.24) is 10.7 Å². The van der Waals surface area contributed by atoms with Gasteiger partial charge in [0.15, 0.2) is 0 Å². The van der Waals surface area contributed by atoms with E-state index < -0.39 is 11.9 Å². The minimum atomic E-state index is -0.781. The van der Waals surface area contributed by atoms with Gasteiger partial charge in [-0.25, -0.2) is 5.43 Å². The van der Waals surface area contributed by atoms with E-state index in [1.807, 2.05) is 38.1 Å². The topological polar surface area (TPSA) is 79.8 Å². The van der Waals surface area contributed by atoms with Gasteiger partial charge in [-0.3, -0.25) is 9.59 Å². The summed E-state index contributed by atoms with van der Waals surface area (Å²) >= 11 is 17.9. The van der Waals surface area contributed by atoms with E-state index in [0.717, 1.165) is 5.56 Å². The first-order valence-electron chi connectivity index (χ1n) is 10.8. The zero-order valence-corrected chi connectivity index (χ0v) is 21.4. The molecule has 0 radical (unpaired) electrons. The van der Waals surface area contributed by atoms with Gasteiger partial charge in [-0.05, 0) is 60.0 Å². The lowest BCUT2D eigenvalue weighted by molar-refractivity contribution is -0.123. The second-order valence-electron chi connectivity index (χ2n) is 8.01. The summed E-state index contributed by atoms with van der Waals surface area (Å²) in [6, 6.07) is 18.2. The van der Waals surface area contributed by atoms with Gasteiger partial charge in [-0.2, -0.15) is 5.10 Å². The molecular formula is C26H24Cl3N3O3. The van der Waals surface area contributed by atoms with Crippen molar-refractivity contribution in [2.45, 2.75) is 26.5 Å². The molecule has 0 spiro atoms. The molecule has 2 amide bonds. The van der Waals surface area contributed by atoms with Crippen LogP contribution in [0.25, 0.3) is 0 Å². The highest BCUT2D eigenvalue weighted by Gasteiger charge is 2.24. The van der Waals surface area contributed by atoms with Gasteiger partial charge in [-0.1, -0.05) is 66.8 Å². The number of carbonyl (C=O) groups excluding carboxylic acids is 2. The van der Waals surface area contributed by atoms with Crippen LogP contribution < -0.4 is 15.5 Å². The Bertz CT molecular complexity index is 1210. The van der Waals surface area contributed by atoms with E-state index in [9.17, 15) is 9.59 Å². The maximum absolute atomic E-state index is 12.7. The number of benzene rings is 3. The fourth-order valence-corrected chi connectivity index (χ4v) is 3.55. The predicted octanol–water partition coefficient (Wildman–Crippen LogP) is 6.13. The fraction of sp³-hybridized carbons (Fsp3) is 0.192. The zero-order chi connectivity index (χ0) is 25.4. The molecule has 3 aromatic carbocycles. The number of halogens is 3. The van der Waals surface area contributed by atoms with Crippen molar-refractivity contribution < 1.29 is 14.3 Å². The largest absolute Gasteiger partial charge is 0.488 e. The lowest BCUT2D eigenvalue weighted by atomic mass is 10.0. The lowest BCUT2D eigenvalue weighted by Crippen LogP contribution is -2.48. The Morgan fingerprint density at radius 2 is 1.69 bits per heavy atom. The molecule has 0 aliphatic rings. The molecule has 35 heavy (non-hydrogen) atoms. The van der Waals surface area contributed by atoms with Gasteiger partial charge in [0.25, 0.3) is 11.8 Å². The number of nitrogens with zero attached hydrogens (tertiary/aromatic N) is 1. The van der Waals surface area contributed by atoms with E-state index in [1.165, 1.54) is 6.21 Å². The molecule has 2 N–H and O–H groups in total. The van der Waals surface area contributed by atoms with Gasteiger partial charge in [0, 0.05) is 16.1 Å². The summed E-state index contributed by atoms with van der Waals surface area (Å²) in [4.78, 5) is 25.3. The molecule has 9 heteroatoms. The van der Waals surface area contributed by atoms with Crippen molar-refractivity contribution in [3.8, 4) is 5.75 Å². The van der Waals surface area contributed by atoms with Crippen LogP contribution in [0.2, 0.25) is 15.1 Å². The second kappa shape index (κ2) is 12.6. The number of nitrogens with one attached hydrogen (secondary N) is 2. The minimum Gasteiger partial charge on any atom is -0.488 e. The molecule has 0 bridgehead atoms. The maximum Gasteiger partial charge on any atom is 0.262 e. The molecule has 0 fully saturated rings. The molecule has 182 valence electrons. The molecule has 1 unspecified atom stereocenters. The van der Waals surface area contributed by atoms with Crippen LogP contribution >= 0.6 is 34.8 Å². The van der Waals surface area contributed by atoms with Crippen molar-refractivity contribution in [2.75, 3.05) is 0 Å². The maximum atomic E-state index is 12.7. The van der Waals surface area contributed by atoms with Crippen molar-refractivity contribution in [2.24, 2.45) is 11.0 Å². The number of carbonyl (C=O) groups is 2. The lowest BCUT2D eigenvalue weighted by Gasteiger charge is -2.20. The van der Waals surface area contributed by atoms with Gasteiger partial charge in [0.05, 0.1) is 16.3 Å². The van der Waals surface area contributed by atoms with E-state index in [4.69, 9.17) is 39.5 Å². The highest BCUT2D eigenvalue weighted by atomic mass is 35.5. The highest BCUT2D eigenvalue weighted by Crippen LogP contribution is 2.24. The van der Waals surface area contributed by atoms with Crippen LogP contribution in [0.5, 0.6) is 5.75 Å². The summed E-state index contributed by atoms with van der Waals surface area (Å²) in [5.74, 6) is -0.399. The van der Waals surface area contributed by atoms with Crippen molar-refractivity contribution >= 4 is 52.8 Å². The van der Waals surface area contributed by atoms with E-state index in [-0.39, 0.29) is 18.4 Å². The second-order valence-corrected chi connectivity index (χ2v) is 9.26. The summed E-state index contributed by atoms with van der Waals surface area (Å²) < 4.78 is 5.90. The third kappa shape index (κ3) is 7.72. The standard InChI is InChI=1S/C26H24Cl3N3O3/c1-16(2)24(31-25(33)18-8-10-20(27)11-9-18)26(34)32-30-14-19-5-3-4-6-23(19)35-15-17-7-12-21(28)22(29)13-17/h3-14,16,24H,15H2,1-2H3,(H,31,33)(H,32,34). The van der Waals surface area contributed by atoms with Gasteiger partial charge in [-0.15, -0.1) is 0 Å². The summed E-state index contributed by atoms with van der Waals surface area (Å²) in [5.41, 5.74) is 4.43. The van der Waals surface area contributed by atoms with Crippen LogP contribution in [0.4, 0.5) is 0 Å². The zero-order valence-electron chi connectivity index (χ0n) is 19.1. The first kappa shape index (κ1) is 26.5. The summed E-state index contributed by atoms with van der Waals surface area (Å²) in [6.45, 7) is 3.95. The Morgan fingerprint density at radius 1 is 0.971 bits per heavy atom. The van der Waals surface area contributed by atoms with E-state index in [2.05, 4.69) is 15.8 Å². The number of hydrazone groups is 1. The molecule has 0 aliphatic heterocycles. The number of rotatable bonds is 9. The van der Waals surface area contributed by atoms with Crippen LogP contribution in [0.3, 0.4) is 0 Å². The van der Waals surface area contributed by atoms with Gasteiger partial charge >= 0.3 is 0 Å². The third-order valence-electron chi connectivity index (χ3n) is 5.02. The third-order valence-corrected chi connectivity index (χ3v) is 6.01. The molecule has 3 aromatic rings.